The molecule has 3 rings (SSSR count). The first-order valence-electron chi connectivity index (χ1n) is 6.87. The van der Waals surface area contributed by atoms with Crippen molar-refractivity contribution in [1.29, 1.82) is 0 Å². The van der Waals surface area contributed by atoms with E-state index in [4.69, 9.17) is 9.84 Å². The van der Waals surface area contributed by atoms with E-state index in [2.05, 4.69) is 15.3 Å². The van der Waals surface area contributed by atoms with Crippen LogP contribution in [0.25, 0.3) is 0 Å². The third kappa shape index (κ3) is 2.98. The zero-order chi connectivity index (χ0) is 15.5. The van der Waals surface area contributed by atoms with Gasteiger partial charge in [-0.2, -0.15) is 0 Å². The number of carboxylic acid groups (broad SMARTS) is 1. The van der Waals surface area contributed by atoms with E-state index >= 15 is 0 Å². The Morgan fingerprint density at radius 2 is 2.23 bits per heavy atom. The summed E-state index contributed by atoms with van der Waals surface area (Å²) in [5.41, 5.74) is 0.600. The summed E-state index contributed by atoms with van der Waals surface area (Å²) in [4.78, 5) is 18.6. The molecule has 2 heterocycles. The topological polar surface area (TPSA) is 84.3 Å². The van der Waals surface area contributed by atoms with Crippen LogP contribution in [0.15, 0.2) is 30.6 Å². The summed E-state index contributed by atoms with van der Waals surface area (Å²) in [6.07, 6.45) is 4.10. The Morgan fingerprint density at radius 3 is 2.95 bits per heavy atom. The Balaban J connectivity index is 1.85. The summed E-state index contributed by atoms with van der Waals surface area (Å²) in [7, 11) is 0. The molecule has 0 fully saturated rings. The predicted molar refractivity (Wildman–Crippen MR) is 76.5 cm³/mol. The Morgan fingerprint density at radius 1 is 1.36 bits per heavy atom. The van der Waals surface area contributed by atoms with Crippen LogP contribution < -0.4 is 10.1 Å². The van der Waals surface area contributed by atoms with E-state index in [0.29, 0.717) is 18.2 Å². The van der Waals surface area contributed by atoms with Gasteiger partial charge in [-0.3, -0.25) is 0 Å². The van der Waals surface area contributed by atoms with Gasteiger partial charge in [0.25, 0.3) is 0 Å². The zero-order valence-corrected chi connectivity index (χ0v) is 11.6. The average molecular weight is 303 g/mol. The predicted octanol–water partition coefficient (Wildman–Crippen LogP) is 2.64. The van der Waals surface area contributed by atoms with Crippen LogP contribution in [0.4, 0.5) is 10.2 Å². The molecule has 0 bridgehead atoms. The Bertz CT molecular complexity index is 691. The number of ether oxygens (including phenoxy) is 1. The minimum Gasteiger partial charge on any atom is -0.493 e. The number of aromatic carboxylic acids is 1. The molecule has 6 nitrogen and oxygen atoms in total. The van der Waals surface area contributed by atoms with Crippen LogP contribution in [0.3, 0.4) is 0 Å². The van der Waals surface area contributed by atoms with Crippen LogP contribution >= 0.6 is 0 Å². The average Bonchev–Trinajstić information content (AvgIpc) is 2.70. The summed E-state index contributed by atoms with van der Waals surface area (Å²) in [6, 6.07) is 4.25. The molecule has 1 aliphatic rings. The van der Waals surface area contributed by atoms with Crippen molar-refractivity contribution >= 4 is 11.8 Å². The van der Waals surface area contributed by atoms with Crippen LogP contribution in [0.2, 0.25) is 0 Å². The highest BCUT2D eigenvalue weighted by Gasteiger charge is 2.21. The molecule has 1 aliphatic heterocycles. The van der Waals surface area contributed by atoms with Gasteiger partial charge in [0.2, 0.25) is 0 Å². The number of hydrogen-bond acceptors (Lipinski definition) is 5. The maximum atomic E-state index is 13.5. The molecule has 0 radical (unpaired) electrons. The molecule has 114 valence electrons. The van der Waals surface area contributed by atoms with Crippen molar-refractivity contribution in [3.05, 3.63) is 47.7 Å². The second-order valence-electron chi connectivity index (χ2n) is 4.96. The SMILES string of the molecule is O=C(O)c1cnc(NC2CCCOc3ccc(F)cc32)cn1. The van der Waals surface area contributed by atoms with Gasteiger partial charge in [-0.1, -0.05) is 0 Å². The van der Waals surface area contributed by atoms with Crippen molar-refractivity contribution in [2.45, 2.75) is 18.9 Å². The lowest BCUT2D eigenvalue weighted by Crippen LogP contribution is -2.12. The number of carboxylic acids is 1. The number of aromatic nitrogens is 2. The Labute approximate surface area is 126 Å². The van der Waals surface area contributed by atoms with Gasteiger partial charge in [0.15, 0.2) is 5.69 Å². The van der Waals surface area contributed by atoms with E-state index in [-0.39, 0.29) is 17.6 Å². The number of rotatable bonds is 3. The summed E-state index contributed by atoms with van der Waals surface area (Å²) in [6.45, 7) is 0.570. The van der Waals surface area contributed by atoms with Crippen LogP contribution in [0.5, 0.6) is 5.75 Å². The number of carbonyl (C=O) groups is 1. The molecular weight excluding hydrogens is 289 g/mol. The standard InChI is InChI=1S/C15H14FN3O3/c16-9-3-4-13-10(6-9)11(2-1-5-22-13)19-14-8-17-12(7-18-14)15(20)21/h3-4,6-8,11H,1-2,5H2,(H,18,19)(H,20,21). The van der Waals surface area contributed by atoms with Gasteiger partial charge < -0.3 is 15.2 Å². The molecule has 1 aromatic carbocycles. The minimum atomic E-state index is -1.13. The van der Waals surface area contributed by atoms with Gasteiger partial charge in [0, 0.05) is 5.56 Å². The second kappa shape index (κ2) is 5.97. The molecule has 0 saturated heterocycles. The van der Waals surface area contributed by atoms with E-state index in [1.54, 1.807) is 6.07 Å². The van der Waals surface area contributed by atoms with Gasteiger partial charge in [-0.15, -0.1) is 0 Å². The number of anilines is 1. The fourth-order valence-electron chi connectivity index (χ4n) is 2.39. The number of fused-ring (bicyclic) bond motifs is 1. The monoisotopic (exact) mass is 303 g/mol. The van der Waals surface area contributed by atoms with Gasteiger partial charge in [0.05, 0.1) is 25.0 Å². The fraction of sp³-hybridized carbons (Fsp3) is 0.267. The van der Waals surface area contributed by atoms with Crippen molar-refractivity contribution in [2.75, 3.05) is 11.9 Å². The highest BCUT2D eigenvalue weighted by atomic mass is 19.1. The molecule has 0 aliphatic carbocycles. The molecule has 2 N–H and O–H groups in total. The largest absolute Gasteiger partial charge is 0.493 e. The highest BCUT2D eigenvalue weighted by molar-refractivity contribution is 5.84. The van der Waals surface area contributed by atoms with E-state index in [0.717, 1.165) is 18.4 Å². The van der Waals surface area contributed by atoms with Crippen molar-refractivity contribution in [3.63, 3.8) is 0 Å². The molecule has 7 heteroatoms. The van der Waals surface area contributed by atoms with Gasteiger partial charge in [0.1, 0.15) is 17.4 Å². The Kier molecular flexibility index (Phi) is 3.86. The van der Waals surface area contributed by atoms with Gasteiger partial charge in [-0.25, -0.2) is 19.2 Å². The van der Waals surface area contributed by atoms with Gasteiger partial charge >= 0.3 is 5.97 Å². The first kappa shape index (κ1) is 14.2. The third-order valence-corrected chi connectivity index (χ3v) is 3.44. The van der Waals surface area contributed by atoms with Crippen LogP contribution in [-0.2, 0) is 0 Å². The zero-order valence-electron chi connectivity index (χ0n) is 11.6. The normalized spacial score (nSPS) is 17.0. The number of nitrogens with zero attached hydrogens (tertiary/aromatic N) is 2. The summed E-state index contributed by atoms with van der Waals surface area (Å²) in [5.74, 6) is -0.378. The number of nitrogens with one attached hydrogen (secondary N) is 1. The summed E-state index contributed by atoms with van der Waals surface area (Å²) in [5, 5.41) is 12.0. The maximum Gasteiger partial charge on any atom is 0.356 e. The molecule has 0 amide bonds. The molecule has 1 unspecified atom stereocenters. The smallest absolute Gasteiger partial charge is 0.356 e. The fourth-order valence-corrected chi connectivity index (χ4v) is 2.39. The van der Waals surface area contributed by atoms with E-state index in [1.807, 2.05) is 0 Å². The van der Waals surface area contributed by atoms with Crippen molar-refractivity contribution in [2.24, 2.45) is 0 Å². The van der Waals surface area contributed by atoms with E-state index in [9.17, 15) is 9.18 Å². The third-order valence-electron chi connectivity index (χ3n) is 3.44. The van der Waals surface area contributed by atoms with Crippen LogP contribution in [0.1, 0.15) is 34.9 Å². The molecule has 0 saturated carbocycles. The van der Waals surface area contributed by atoms with Gasteiger partial charge in [-0.05, 0) is 31.0 Å². The van der Waals surface area contributed by atoms with Crippen molar-refractivity contribution < 1.29 is 19.0 Å². The molecule has 0 spiro atoms. The number of hydrogen-bond donors (Lipinski definition) is 2. The first-order chi connectivity index (χ1) is 10.6. The van der Waals surface area contributed by atoms with Crippen LogP contribution in [-0.4, -0.2) is 27.7 Å². The Hall–Kier alpha value is -2.70. The maximum absolute atomic E-state index is 13.5. The summed E-state index contributed by atoms with van der Waals surface area (Å²) < 4.78 is 19.1. The highest BCUT2D eigenvalue weighted by Crippen LogP contribution is 2.33. The molecule has 1 atom stereocenters. The molecule has 22 heavy (non-hydrogen) atoms. The minimum absolute atomic E-state index is 0.124. The first-order valence-corrected chi connectivity index (χ1v) is 6.87. The van der Waals surface area contributed by atoms with Crippen molar-refractivity contribution in [1.82, 2.24) is 9.97 Å². The molecular formula is C15H14FN3O3. The van der Waals surface area contributed by atoms with E-state index in [1.165, 1.54) is 24.5 Å². The quantitative estimate of drug-likeness (QED) is 0.907. The van der Waals surface area contributed by atoms with Crippen molar-refractivity contribution in [3.8, 4) is 5.75 Å². The lowest BCUT2D eigenvalue weighted by atomic mass is 10.0. The molecule has 2 aromatic rings. The number of benzene rings is 1. The second-order valence-corrected chi connectivity index (χ2v) is 4.96. The molecule has 1 aromatic heterocycles. The summed E-state index contributed by atoms with van der Waals surface area (Å²) >= 11 is 0. The lowest BCUT2D eigenvalue weighted by molar-refractivity contribution is 0.0690. The van der Waals surface area contributed by atoms with E-state index < -0.39 is 5.97 Å². The number of halogens is 1. The van der Waals surface area contributed by atoms with Crippen LogP contribution in [0, 0.1) is 5.82 Å². The lowest BCUT2D eigenvalue weighted by Gasteiger charge is -2.18.